The highest BCUT2D eigenvalue weighted by Crippen LogP contribution is 2.19. The van der Waals surface area contributed by atoms with Gasteiger partial charge in [-0.2, -0.15) is 0 Å². The van der Waals surface area contributed by atoms with Gasteiger partial charge in [-0.25, -0.2) is 0 Å². The van der Waals surface area contributed by atoms with Crippen molar-refractivity contribution in [3.8, 4) is 0 Å². The third-order valence-electron chi connectivity index (χ3n) is 16.9. The summed E-state index contributed by atoms with van der Waals surface area (Å²) >= 11 is 0. The molecule has 0 aromatic carbocycles. The molecule has 0 heterocycles. The van der Waals surface area contributed by atoms with Gasteiger partial charge in [0, 0.05) is 19.3 Å². The van der Waals surface area contributed by atoms with E-state index in [1.54, 1.807) is 0 Å². The van der Waals surface area contributed by atoms with E-state index in [1.165, 1.54) is 321 Å². The molecule has 0 amide bonds. The van der Waals surface area contributed by atoms with Gasteiger partial charge in [0.15, 0.2) is 6.10 Å². The molecule has 0 aromatic rings. The van der Waals surface area contributed by atoms with Crippen LogP contribution in [0.15, 0.2) is 24.3 Å². The number of ether oxygens (including phenoxy) is 3. The first-order chi connectivity index (χ1) is 40.0. The lowest BCUT2D eigenvalue weighted by atomic mass is 10.0. The summed E-state index contributed by atoms with van der Waals surface area (Å²) in [5, 5.41) is 0. The molecule has 0 spiro atoms. The normalized spacial score (nSPS) is 11.8. The maximum Gasteiger partial charge on any atom is 0.306 e. The summed E-state index contributed by atoms with van der Waals surface area (Å²) in [5.41, 5.74) is 0. The average molecular weight is 1140 g/mol. The molecule has 0 rings (SSSR count). The summed E-state index contributed by atoms with van der Waals surface area (Å²) in [6, 6.07) is 0. The molecule has 478 valence electrons. The molecule has 0 N–H and O–H groups in total. The van der Waals surface area contributed by atoms with Gasteiger partial charge in [0.1, 0.15) is 13.2 Å². The summed E-state index contributed by atoms with van der Waals surface area (Å²) in [6.07, 6.45) is 86.3. The van der Waals surface area contributed by atoms with E-state index < -0.39 is 6.10 Å². The zero-order chi connectivity index (χ0) is 58.5. The number of rotatable bonds is 69. The first kappa shape index (κ1) is 78.9. The fourth-order valence-corrected chi connectivity index (χ4v) is 11.4. The van der Waals surface area contributed by atoms with Crippen molar-refractivity contribution in [2.45, 2.75) is 425 Å². The van der Waals surface area contributed by atoms with Crippen LogP contribution in [0.2, 0.25) is 0 Å². The molecule has 0 aliphatic carbocycles. The van der Waals surface area contributed by atoms with E-state index >= 15 is 0 Å². The van der Waals surface area contributed by atoms with Crippen LogP contribution >= 0.6 is 0 Å². The van der Waals surface area contributed by atoms with E-state index in [2.05, 4.69) is 45.1 Å². The average Bonchev–Trinajstić information content (AvgIpc) is 3.47. The Bertz CT molecular complexity index is 1240. The number of allylic oxidation sites excluding steroid dienone is 4. The van der Waals surface area contributed by atoms with Crippen LogP contribution in [0.1, 0.15) is 419 Å². The fraction of sp³-hybridized carbons (Fsp3) is 0.907. The summed E-state index contributed by atoms with van der Waals surface area (Å²) in [5.74, 6) is -0.831. The van der Waals surface area contributed by atoms with Gasteiger partial charge < -0.3 is 14.2 Å². The van der Waals surface area contributed by atoms with Crippen LogP contribution in [0.25, 0.3) is 0 Å². The van der Waals surface area contributed by atoms with Gasteiger partial charge >= 0.3 is 17.9 Å². The van der Waals surface area contributed by atoms with Crippen molar-refractivity contribution in [3.05, 3.63) is 24.3 Å². The van der Waals surface area contributed by atoms with Crippen molar-refractivity contribution in [2.75, 3.05) is 13.2 Å². The Kier molecular flexibility index (Phi) is 68.5. The summed E-state index contributed by atoms with van der Waals surface area (Å²) in [7, 11) is 0. The predicted octanol–water partition coefficient (Wildman–Crippen LogP) is 25.3. The van der Waals surface area contributed by atoms with Gasteiger partial charge in [0.2, 0.25) is 0 Å². The minimum atomic E-state index is -0.770. The van der Waals surface area contributed by atoms with E-state index in [0.717, 1.165) is 57.8 Å². The van der Waals surface area contributed by atoms with Gasteiger partial charge in [0.25, 0.3) is 0 Å². The lowest BCUT2D eigenvalue weighted by molar-refractivity contribution is -0.167. The molecule has 81 heavy (non-hydrogen) atoms. The van der Waals surface area contributed by atoms with Gasteiger partial charge in [-0.15, -0.1) is 0 Å². The van der Waals surface area contributed by atoms with E-state index in [9.17, 15) is 14.4 Å². The van der Waals surface area contributed by atoms with Crippen molar-refractivity contribution in [2.24, 2.45) is 0 Å². The highest BCUT2D eigenvalue weighted by atomic mass is 16.6. The fourth-order valence-electron chi connectivity index (χ4n) is 11.4. The summed E-state index contributed by atoms with van der Waals surface area (Å²) in [4.78, 5) is 38.5. The highest BCUT2D eigenvalue weighted by Gasteiger charge is 2.20. The molecular weight excluding hydrogens is 997 g/mol. The maximum absolute atomic E-state index is 13.0. The predicted molar refractivity (Wildman–Crippen MR) is 353 cm³/mol. The lowest BCUT2D eigenvalue weighted by Gasteiger charge is -2.18. The lowest BCUT2D eigenvalue weighted by Crippen LogP contribution is -2.30. The summed E-state index contributed by atoms with van der Waals surface area (Å²) < 4.78 is 17.0. The van der Waals surface area contributed by atoms with E-state index in [-0.39, 0.29) is 31.1 Å². The molecule has 0 saturated heterocycles. The van der Waals surface area contributed by atoms with Crippen LogP contribution in [-0.2, 0) is 28.6 Å². The quantitative estimate of drug-likeness (QED) is 0.0261. The van der Waals surface area contributed by atoms with Gasteiger partial charge in [-0.1, -0.05) is 353 Å². The van der Waals surface area contributed by atoms with E-state index in [4.69, 9.17) is 14.2 Å². The van der Waals surface area contributed by atoms with Crippen molar-refractivity contribution in [1.82, 2.24) is 0 Å². The largest absolute Gasteiger partial charge is 0.462 e. The van der Waals surface area contributed by atoms with Crippen LogP contribution < -0.4 is 0 Å². The zero-order valence-corrected chi connectivity index (χ0v) is 55.1. The van der Waals surface area contributed by atoms with Gasteiger partial charge in [-0.05, 0) is 70.6 Å². The minimum Gasteiger partial charge on any atom is -0.462 e. The van der Waals surface area contributed by atoms with E-state index in [1.807, 2.05) is 0 Å². The zero-order valence-electron chi connectivity index (χ0n) is 55.1. The van der Waals surface area contributed by atoms with Crippen molar-refractivity contribution in [3.63, 3.8) is 0 Å². The third-order valence-corrected chi connectivity index (χ3v) is 16.9. The molecule has 0 aliphatic rings. The third kappa shape index (κ3) is 68.6. The molecule has 0 fully saturated rings. The SMILES string of the molecule is CCCCCCCC/C=C\CCCCCCCCCCCCCC(=O)OCC(COC(=O)CCCCCCCCCCCCC/C=C\CCCCCCCC)OC(=O)CCCCCCCCCCCCCCCCCCCCCCC. The Hall–Kier alpha value is -2.11. The van der Waals surface area contributed by atoms with Crippen LogP contribution in [0.4, 0.5) is 0 Å². The number of carbonyl (C=O) groups is 3. The molecule has 0 bridgehead atoms. The Morgan fingerprint density at radius 2 is 0.407 bits per heavy atom. The molecule has 0 aromatic heterocycles. The second-order valence-corrected chi connectivity index (χ2v) is 25.2. The smallest absolute Gasteiger partial charge is 0.306 e. The Labute approximate surface area is 506 Å². The second-order valence-electron chi connectivity index (χ2n) is 25.2. The number of hydrogen-bond donors (Lipinski definition) is 0. The van der Waals surface area contributed by atoms with Crippen molar-refractivity contribution in [1.29, 1.82) is 0 Å². The molecule has 0 radical (unpaired) electrons. The first-order valence-electron chi connectivity index (χ1n) is 36.8. The highest BCUT2D eigenvalue weighted by molar-refractivity contribution is 5.71. The molecule has 0 saturated carbocycles. The van der Waals surface area contributed by atoms with Crippen LogP contribution in [0.3, 0.4) is 0 Å². The number of esters is 3. The van der Waals surface area contributed by atoms with Gasteiger partial charge in [0.05, 0.1) is 0 Å². The summed E-state index contributed by atoms with van der Waals surface area (Å²) in [6.45, 7) is 6.73. The Balaban J connectivity index is 4.30. The van der Waals surface area contributed by atoms with Crippen LogP contribution in [0, 0.1) is 0 Å². The molecular formula is C75H142O6. The van der Waals surface area contributed by atoms with Crippen LogP contribution in [0.5, 0.6) is 0 Å². The molecule has 0 aliphatic heterocycles. The first-order valence-corrected chi connectivity index (χ1v) is 36.8. The topological polar surface area (TPSA) is 78.9 Å². The second kappa shape index (κ2) is 70.4. The molecule has 6 nitrogen and oxygen atoms in total. The Morgan fingerprint density at radius 3 is 0.617 bits per heavy atom. The number of unbranched alkanes of at least 4 members (excludes halogenated alkanes) is 54. The molecule has 6 heteroatoms. The number of carbonyl (C=O) groups excluding carboxylic acids is 3. The van der Waals surface area contributed by atoms with Crippen molar-refractivity contribution < 1.29 is 28.6 Å². The Morgan fingerprint density at radius 1 is 0.235 bits per heavy atom. The molecule has 0 unspecified atom stereocenters. The minimum absolute atomic E-state index is 0.0657. The maximum atomic E-state index is 13.0. The molecule has 0 atom stereocenters. The monoisotopic (exact) mass is 1140 g/mol. The van der Waals surface area contributed by atoms with E-state index in [0.29, 0.717) is 19.3 Å². The standard InChI is InChI=1S/C75H142O6/c1-4-7-10-13-16-19-22-25-28-31-34-37-40-43-46-49-52-55-58-61-64-67-73(76)79-70-72(81-75(78)69-66-63-60-57-54-51-48-45-42-39-36-33-30-27-24-21-18-15-12-9-6-3)71-80-74(77)68-65-62-59-56-53-50-47-44-41-38-35-32-29-26-23-20-17-14-11-8-5-2/h25-26,28-29,72H,4-24,27,30-71H2,1-3H3/b28-25-,29-26-. The van der Waals surface area contributed by atoms with Crippen LogP contribution in [-0.4, -0.2) is 37.2 Å². The van der Waals surface area contributed by atoms with Gasteiger partial charge in [-0.3, -0.25) is 14.4 Å². The van der Waals surface area contributed by atoms with Crippen molar-refractivity contribution >= 4 is 17.9 Å². The number of hydrogen-bond acceptors (Lipinski definition) is 6.